The summed E-state index contributed by atoms with van der Waals surface area (Å²) in [5.74, 6) is 0.761. The van der Waals surface area contributed by atoms with Crippen molar-refractivity contribution < 1.29 is 0 Å². The van der Waals surface area contributed by atoms with Gasteiger partial charge in [0, 0.05) is 18.3 Å². The van der Waals surface area contributed by atoms with Gasteiger partial charge in [-0.15, -0.1) is 0 Å². The lowest BCUT2D eigenvalue weighted by atomic mass is 10.2. The smallest absolute Gasteiger partial charge is 0.266 e. The summed E-state index contributed by atoms with van der Waals surface area (Å²) < 4.78 is 1.68. The minimum Gasteiger partial charge on any atom is -0.399 e. The second-order valence-corrected chi connectivity index (χ2v) is 5.26. The molecule has 2 N–H and O–H groups in total. The highest BCUT2D eigenvalue weighted by Gasteiger charge is 2.12. The largest absolute Gasteiger partial charge is 0.399 e. The van der Waals surface area contributed by atoms with Gasteiger partial charge in [0.2, 0.25) is 0 Å². The van der Waals surface area contributed by atoms with E-state index in [0.29, 0.717) is 16.6 Å². The predicted molar refractivity (Wildman–Crippen MR) is 88.2 cm³/mol. The average Bonchev–Trinajstić information content (AvgIpc) is 2.54. The molecule has 112 valence electrons. The summed E-state index contributed by atoms with van der Waals surface area (Å²) >= 11 is 0. The Hall–Kier alpha value is -2.69. The zero-order chi connectivity index (χ0) is 15.5. The molecule has 0 aliphatic carbocycles. The lowest BCUT2D eigenvalue weighted by Crippen LogP contribution is -2.24. The van der Waals surface area contributed by atoms with Crippen molar-refractivity contribution in [3.05, 3.63) is 58.9 Å². The van der Waals surface area contributed by atoms with Crippen molar-refractivity contribution in [2.24, 2.45) is 0 Å². The molecule has 0 radical (unpaired) electrons. The average molecular weight is 294 g/mol. The van der Waals surface area contributed by atoms with Gasteiger partial charge < -0.3 is 5.73 Å². The van der Waals surface area contributed by atoms with Crippen molar-refractivity contribution in [3.63, 3.8) is 0 Å². The first-order chi connectivity index (χ1) is 10.7. The summed E-state index contributed by atoms with van der Waals surface area (Å²) in [6.07, 6.45) is 6.03. The van der Waals surface area contributed by atoms with Crippen LogP contribution in [0.2, 0.25) is 0 Å². The molecule has 5 heteroatoms. The van der Waals surface area contributed by atoms with Crippen molar-refractivity contribution in [1.29, 1.82) is 0 Å². The van der Waals surface area contributed by atoms with Crippen molar-refractivity contribution >= 4 is 16.6 Å². The molecule has 0 amide bonds. The molecule has 2 aromatic heterocycles. The number of aryl methyl sites for hydroxylation is 1. The molecule has 0 spiro atoms. The highest BCUT2D eigenvalue weighted by atomic mass is 16.1. The van der Waals surface area contributed by atoms with Gasteiger partial charge in [0.1, 0.15) is 5.82 Å². The Labute approximate surface area is 128 Å². The molecule has 2 heterocycles. The van der Waals surface area contributed by atoms with E-state index in [1.165, 1.54) is 0 Å². The van der Waals surface area contributed by atoms with Gasteiger partial charge in [-0.3, -0.25) is 14.3 Å². The molecule has 1 aromatic carbocycles. The molecule has 0 aliphatic heterocycles. The van der Waals surface area contributed by atoms with Gasteiger partial charge in [-0.05, 0) is 36.8 Å². The van der Waals surface area contributed by atoms with Gasteiger partial charge in [0.15, 0.2) is 0 Å². The van der Waals surface area contributed by atoms with E-state index in [4.69, 9.17) is 5.73 Å². The Kier molecular flexibility index (Phi) is 3.87. The fraction of sp³-hybridized carbons (Fsp3) is 0.235. The monoisotopic (exact) mass is 294 g/mol. The molecule has 0 saturated heterocycles. The topological polar surface area (TPSA) is 73.8 Å². The Morgan fingerprint density at radius 2 is 1.95 bits per heavy atom. The molecule has 0 unspecified atom stereocenters. The fourth-order valence-electron chi connectivity index (χ4n) is 2.48. The van der Waals surface area contributed by atoms with E-state index in [0.717, 1.165) is 30.8 Å². The minimum absolute atomic E-state index is 0.0664. The molecule has 3 aromatic rings. The van der Waals surface area contributed by atoms with E-state index in [1.54, 1.807) is 35.2 Å². The number of hydrogen-bond donors (Lipinski definition) is 1. The number of unbranched alkanes of at least 4 members (excludes halogenated alkanes) is 1. The van der Waals surface area contributed by atoms with Crippen LogP contribution in [0.15, 0.2) is 47.5 Å². The van der Waals surface area contributed by atoms with Crippen LogP contribution in [-0.2, 0) is 6.42 Å². The number of anilines is 1. The number of pyridine rings is 1. The highest BCUT2D eigenvalue weighted by molar-refractivity contribution is 5.76. The Bertz CT molecular complexity index is 853. The fourth-order valence-corrected chi connectivity index (χ4v) is 2.48. The second-order valence-electron chi connectivity index (χ2n) is 5.26. The Balaban J connectivity index is 2.27. The summed E-state index contributed by atoms with van der Waals surface area (Å²) in [4.78, 5) is 21.6. The van der Waals surface area contributed by atoms with Crippen LogP contribution in [0.25, 0.3) is 16.6 Å². The van der Waals surface area contributed by atoms with Crippen molar-refractivity contribution in [2.45, 2.75) is 26.2 Å². The maximum Gasteiger partial charge on any atom is 0.266 e. The quantitative estimate of drug-likeness (QED) is 0.751. The molecule has 5 nitrogen and oxygen atoms in total. The molecule has 22 heavy (non-hydrogen) atoms. The summed E-state index contributed by atoms with van der Waals surface area (Å²) in [5, 5.41) is 0.576. The van der Waals surface area contributed by atoms with Gasteiger partial charge in [-0.25, -0.2) is 4.98 Å². The van der Waals surface area contributed by atoms with Crippen LogP contribution >= 0.6 is 0 Å². The first kappa shape index (κ1) is 14.3. The molecule has 0 saturated carbocycles. The predicted octanol–water partition coefficient (Wildman–Crippen LogP) is 2.71. The normalized spacial score (nSPS) is 11.0. The van der Waals surface area contributed by atoms with Crippen molar-refractivity contribution in [2.75, 3.05) is 5.73 Å². The van der Waals surface area contributed by atoms with Crippen molar-refractivity contribution in [3.8, 4) is 5.69 Å². The lowest BCUT2D eigenvalue weighted by molar-refractivity contribution is 0.720. The molecule has 0 bridgehead atoms. The first-order valence-electron chi connectivity index (χ1n) is 7.42. The number of nitrogens with zero attached hydrogens (tertiary/aromatic N) is 3. The van der Waals surface area contributed by atoms with Crippen LogP contribution < -0.4 is 11.3 Å². The Morgan fingerprint density at radius 1 is 1.18 bits per heavy atom. The van der Waals surface area contributed by atoms with Crippen LogP contribution in [0.5, 0.6) is 0 Å². The highest BCUT2D eigenvalue weighted by Crippen LogP contribution is 2.15. The summed E-state index contributed by atoms with van der Waals surface area (Å²) in [6.45, 7) is 2.12. The number of rotatable bonds is 4. The number of nitrogen functional groups attached to an aromatic ring is 1. The van der Waals surface area contributed by atoms with Crippen LogP contribution in [-0.4, -0.2) is 14.5 Å². The summed E-state index contributed by atoms with van der Waals surface area (Å²) in [5.41, 5.74) is 7.78. The van der Waals surface area contributed by atoms with E-state index in [-0.39, 0.29) is 5.56 Å². The number of hydrogen-bond acceptors (Lipinski definition) is 4. The minimum atomic E-state index is -0.0664. The number of aromatic nitrogens is 3. The van der Waals surface area contributed by atoms with Gasteiger partial charge in [0.05, 0.1) is 22.8 Å². The van der Waals surface area contributed by atoms with Gasteiger partial charge >= 0.3 is 0 Å². The first-order valence-corrected chi connectivity index (χ1v) is 7.42. The maximum atomic E-state index is 12.9. The Morgan fingerprint density at radius 3 is 2.68 bits per heavy atom. The van der Waals surface area contributed by atoms with Crippen LogP contribution in [0.4, 0.5) is 5.69 Å². The van der Waals surface area contributed by atoms with Crippen LogP contribution in [0.3, 0.4) is 0 Å². The van der Waals surface area contributed by atoms with Gasteiger partial charge in [-0.1, -0.05) is 13.3 Å². The second kappa shape index (κ2) is 5.97. The number of nitrogens with two attached hydrogens (primary N) is 1. The molecule has 0 fully saturated rings. The molecular weight excluding hydrogens is 276 g/mol. The number of benzene rings is 1. The molecule has 0 atom stereocenters. The third-order valence-corrected chi connectivity index (χ3v) is 3.65. The third-order valence-electron chi connectivity index (χ3n) is 3.65. The molecular formula is C17H18N4O. The van der Waals surface area contributed by atoms with E-state index >= 15 is 0 Å². The lowest BCUT2D eigenvalue weighted by Gasteiger charge is -2.13. The standard InChI is InChI=1S/C17H18N4O/c1-2-3-4-16-20-15-11-19-10-9-14(15)17(22)21(16)13-7-5-12(18)6-8-13/h5-11H,2-4,18H2,1H3. The van der Waals surface area contributed by atoms with Crippen LogP contribution in [0, 0.1) is 0 Å². The number of fused-ring (bicyclic) bond motifs is 1. The molecule has 0 aliphatic rings. The van der Waals surface area contributed by atoms with Crippen molar-refractivity contribution in [1.82, 2.24) is 14.5 Å². The van der Waals surface area contributed by atoms with Gasteiger partial charge in [-0.2, -0.15) is 0 Å². The maximum absolute atomic E-state index is 12.9. The molecule has 3 rings (SSSR count). The SMILES string of the molecule is CCCCc1nc2cnccc2c(=O)n1-c1ccc(N)cc1. The summed E-state index contributed by atoms with van der Waals surface area (Å²) in [6, 6.07) is 8.99. The van der Waals surface area contributed by atoms with Gasteiger partial charge in [0.25, 0.3) is 5.56 Å². The zero-order valence-corrected chi connectivity index (χ0v) is 12.5. The van der Waals surface area contributed by atoms with E-state index in [9.17, 15) is 4.79 Å². The summed E-state index contributed by atoms with van der Waals surface area (Å²) in [7, 11) is 0. The zero-order valence-electron chi connectivity index (χ0n) is 12.5. The van der Waals surface area contributed by atoms with E-state index in [1.807, 2.05) is 12.1 Å². The van der Waals surface area contributed by atoms with E-state index in [2.05, 4.69) is 16.9 Å². The van der Waals surface area contributed by atoms with Crippen LogP contribution in [0.1, 0.15) is 25.6 Å². The van der Waals surface area contributed by atoms with E-state index < -0.39 is 0 Å². The third kappa shape index (κ3) is 2.57.